The summed E-state index contributed by atoms with van der Waals surface area (Å²) in [5.41, 5.74) is 0.963. The van der Waals surface area contributed by atoms with Gasteiger partial charge in [-0.05, 0) is 20.3 Å². The second-order valence-corrected chi connectivity index (χ2v) is 10.2. The normalized spacial score (nSPS) is 19.7. The van der Waals surface area contributed by atoms with Crippen molar-refractivity contribution in [3.63, 3.8) is 0 Å². The highest BCUT2D eigenvalue weighted by molar-refractivity contribution is 8.00. The number of benzene rings is 1. The molecule has 0 bridgehead atoms. The average Bonchev–Trinajstić information content (AvgIpc) is 3.19. The fraction of sp³-hybridized carbons (Fsp3) is 0.500. The van der Waals surface area contributed by atoms with Crippen molar-refractivity contribution in [2.24, 2.45) is 7.05 Å². The van der Waals surface area contributed by atoms with Crippen LogP contribution in [-0.4, -0.2) is 63.3 Å². The molecule has 1 aliphatic heterocycles. The summed E-state index contributed by atoms with van der Waals surface area (Å²) in [6.45, 7) is 4.21. The maximum Gasteiger partial charge on any atom is 0.236 e. The van der Waals surface area contributed by atoms with Crippen LogP contribution in [0.15, 0.2) is 35.5 Å². The van der Waals surface area contributed by atoms with E-state index in [9.17, 15) is 13.2 Å². The van der Waals surface area contributed by atoms with Crippen LogP contribution in [0.5, 0.6) is 0 Å². The van der Waals surface area contributed by atoms with Crippen molar-refractivity contribution in [2.45, 2.75) is 36.7 Å². The summed E-state index contributed by atoms with van der Waals surface area (Å²) in [6, 6.07) is 9.53. The number of thioether (sulfide) groups is 1. The van der Waals surface area contributed by atoms with Crippen molar-refractivity contribution in [1.82, 2.24) is 19.7 Å². The van der Waals surface area contributed by atoms with E-state index in [4.69, 9.17) is 0 Å². The van der Waals surface area contributed by atoms with Gasteiger partial charge in [0.1, 0.15) is 0 Å². The number of amides is 1. The number of sulfone groups is 1. The van der Waals surface area contributed by atoms with Gasteiger partial charge in [-0.1, -0.05) is 42.1 Å². The fourth-order valence-electron chi connectivity index (χ4n) is 3.31. The van der Waals surface area contributed by atoms with Gasteiger partial charge in [0.2, 0.25) is 5.91 Å². The minimum Gasteiger partial charge on any atom is -0.338 e. The molecule has 9 heteroatoms. The van der Waals surface area contributed by atoms with Crippen molar-refractivity contribution in [2.75, 3.05) is 18.1 Å². The molecule has 0 spiro atoms. The van der Waals surface area contributed by atoms with E-state index in [1.807, 2.05) is 55.8 Å². The van der Waals surface area contributed by atoms with E-state index < -0.39 is 9.84 Å². The van der Waals surface area contributed by atoms with Gasteiger partial charge in [0, 0.05) is 25.2 Å². The van der Waals surface area contributed by atoms with E-state index in [0.29, 0.717) is 18.1 Å². The third kappa shape index (κ3) is 4.35. The van der Waals surface area contributed by atoms with Crippen LogP contribution in [0.4, 0.5) is 0 Å². The standard InChI is InChI=1S/C18H24N4O3S2/c1-4-22(15-10-11-27(24,25)12-15)17(23)13(2)26-18-20-19-16(21(18)3)14-8-6-5-7-9-14/h5-9,13,15H,4,10-12H2,1-3H3/t13-,15+/m1/s1. The lowest BCUT2D eigenvalue weighted by Gasteiger charge is -2.29. The van der Waals surface area contributed by atoms with Crippen LogP contribution in [-0.2, 0) is 21.7 Å². The summed E-state index contributed by atoms with van der Waals surface area (Å²) >= 11 is 1.34. The molecule has 2 heterocycles. The van der Waals surface area contributed by atoms with E-state index >= 15 is 0 Å². The molecule has 0 saturated carbocycles. The molecule has 1 saturated heterocycles. The molecule has 0 aliphatic carbocycles. The number of carbonyl (C=O) groups is 1. The molecule has 146 valence electrons. The molecule has 1 fully saturated rings. The van der Waals surface area contributed by atoms with Crippen LogP contribution in [0.1, 0.15) is 20.3 Å². The van der Waals surface area contributed by atoms with E-state index in [2.05, 4.69) is 10.2 Å². The Morgan fingerprint density at radius 1 is 1.33 bits per heavy atom. The van der Waals surface area contributed by atoms with Crippen molar-refractivity contribution in [1.29, 1.82) is 0 Å². The maximum absolute atomic E-state index is 12.9. The SMILES string of the molecule is CCN(C(=O)[C@@H](C)Sc1nnc(-c2ccccc2)n1C)[C@H]1CCS(=O)(=O)C1. The van der Waals surface area contributed by atoms with Crippen molar-refractivity contribution >= 4 is 27.5 Å². The van der Waals surface area contributed by atoms with E-state index in [0.717, 1.165) is 11.4 Å². The lowest BCUT2D eigenvalue weighted by atomic mass is 10.2. The number of rotatable bonds is 6. The lowest BCUT2D eigenvalue weighted by Crippen LogP contribution is -2.44. The first-order valence-corrected chi connectivity index (χ1v) is 11.6. The van der Waals surface area contributed by atoms with Crippen molar-refractivity contribution in [3.8, 4) is 11.4 Å². The van der Waals surface area contributed by atoms with E-state index in [-0.39, 0.29) is 28.7 Å². The summed E-state index contributed by atoms with van der Waals surface area (Å²) in [4.78, 5) is 14.6. The molecule has 1 amide bonds. The van der Waals surface area contributed by atoms with Crippen LogP contribution in [0.2, 0.25) is 0 Å². The first-order valence-electron chi connectivity index (χ1n) is 8.94. The Balaban J connectivity index is 1.72. The van der Waals surface area contributed by atoms with Gasteiger partial charge in [0.25, 0.3) is 0 Å². The number of carbonyl (C=O) groups excluding carboxylic acids is 1. The third-order valence-corrected chi connectivity index (χ3v) is 7.64. The highest BCUT2D eigenvalue weighted by atomic mass is 32.2. The van der Waals surface area contributed by atoms with E-state index in [1.165, 1.54) is 11.8 Å². The maximum atomic E-state index is 12.9. The van der Waals surface area contributed by atoms with Crippen molar-refractivity contribution in [3.05, 3.63) is 30.3 Å². The molecule has 0 N–H and O–H groups in total. The molecule has 3 rings (SSSR count). The Labute approximate surface area is 164 Å². The zero-order chi connectivity index (χ0) is 19.6. The first-order chi connectivity index (χ1) is 12.8. The highest BCUT2D eigenvalue weighted by Gasteiger charge is 2.35. The van der Waals surface area contributed by atoms with Gasteiger partial charge in [-0.2, -0.15) is 0 Å². The summed E-state index contributed by atoms with van der Waals surface area (Å²) in [5, 5.41) is 8.76. The van der Waals surface area contributed by atoms with E-state index in [1.54, 1.807) is 4.90 Å². The molecule has 2 aromatic rings. The summed E-state index contributed by atoms with van der Waals surface area (Å²) < 4.78 is 25.4. The summed E-state index contributed by atoms with van der Waals surface area (Å²) in [7, 11) is -1.15. The van der Waals surface area contributed by atoms with Crippen LogP contribution in [0, 0.1) is 0 Å². The van der Waals surface area contributed by atoms with Gasteiger partial charge in [0.05, 0.1) is 16.8 Å². The van der Waals surface area contributed by atoms with Gasteiger partial charge in [-0.3, -0.25) is 4.79 Å². The quantitative estimate of drug-likeness (QED) is 0.680. The Morgan fingerprint density at radius 2 is 2.04 bits per heavy atom. The lowest BCUT2D eigenvalue weighted by molar-refractivity contribution is -0.131. The second-order valence-electron chi connectivity index (χ2n) is 6.67. The summed E-state index contributed by atoms with van der Waals surface area (Å²) in [6.07, 6.45) is 0.515. The zero-order valence-electron chi connectivity index (χ0n) is 15.7. The molecular weight excluding hydrogens is 384 g/mol. The van der Waals surface area contributed by atoms with Gasteiger partial charge >= 0.3 is 0 Å². The number of hydrogen-bond donors (Lipinski definition) is 0. The van der Waals surface area contributed by atoms with Gasteiger partial charge < -0.3 is 9.47 Å². The largest absolute Gasteiger partial charge is 0.338 e. The van der Waals surface area contributed by atoms with Crippen LogP contribution in [0.3, 0.4) is 0 Å². The Morgan fingerprint density at radius 3 is 2.63 bits per heavy atom. The topological polar surface area (TPSA) is 85.2 Å². The predicted molar refractivity (Wildman–Crippen MR) is 106 cm³/mol. The number of aromatic nitrogens is 3. The van der Waals surface area contributed by atoms with Gasteiger partial charge in [-0.15, -0.1) is 10.2 Å². The number of hydrogen-bond acceptors (Lipinski definition) is 6. The smallest absolute Gasteiger partial charge is 0.236 e. The molecule has 1 aromatic carbocycles. The minimum atomic E-state index is -3.03. The minimum absolute atomic E-state index is 0.0612. The Hall–Kier alpha value is -1.87. The average molecular weight is 409 g/mol. The van der Waals surface area contributed by atoms with Crippen molar-refractivity contribution < 1.29 is 13.2 Å². The second kappa shape index (κ2) is 8.02. The monoisotopic (exact) mass is 408 g/mol. The summed E-state index contributed by atoms with van der Waals surface area (Å²) in [5.74, 6) is 0.902. The molecule has 0 unspecified atom stereocenters. The molecule has 7 nitrogen and oxygen atoms in total. The van der Waals surface area contributed by atoms with Crippen LogP contribution >= 0.6 is 11.8 Å². The third-order valence-electron chi connectivity index (χ3n) is 4.77. The molecule has 1 aromatic heterocycles. The molecule has 0 radical (unpaired) electrons. The van der Waals surface area contributed by atoms with Gasteiger partial charge in [-0.25, -0.2) is 8.42 Å². The molecular formula is C18H24N4O3S2. The Kier molecular flexibility index (Phi) is 5.90. The molecule has 27 heavy (non-hydrogen) atoms. The van der Waals surface area contributed by atoms with Gasteiger partial charge in [0.15, 0.2) is 20.8 Å². The zero-order valence-corrected chi connectivity index (χ0v) is 17.3. The highest BCUT2D eigenvalue weighted by Crippen LogP contribution is 2.28. The van der Waals surface area contributed by atoms with Crippen LogP contribution < -0.4 is 0 Å². The van der Waals surface area contributed by atoms with Crippen LogP contribution in [0.25, 0.3) is 11.4 Å². The molecule has 1 aliphatic rings. The fourth-order valence-corrected chi connectivity index (χ4v) is 5.93. The Bertz CT molecular complexity index is 912. The molecule has 2 atom stereocenters. The number of nitrogens with zero attached hydrogens (tertiary/aromatic N) is 4. The first kappa shape index (κ1) is 19.9. The predicted octanol–water partition coefficient (Wildman–Crippen LogP) is 2.00.